The summed E-state index contributed by atoms with van der Waals surface area (Å²) in [7, 11) is 1.59. The van der Waals surface area contributed by atoms with Crippen LogP contribution in [0, 0.1) is 5.92 Å². The summed E-state index contributed by atoms with van der Waals surface area (Å²) in [5.41, 5.74) is -0.00434. The van der Waals surface area contributed by atoms with Crippen LogP contribution in [0.15, 0.2) is 24.3 Å². The lowest BCUT2D eigenvalue weighted by atomic mass is 9.86. The first kappa shape index (κ1) is 15.5. The van der Waals surface area contributed by atoms with Gasteiger partial charge in [0.15, 0.2) is 0 Å². The third-order valence-corrected chi connectivity index (χ3v) is 3.44. The molecule has 4 heteroatoms. The van der Waals surface area contributed by atoms with Crippen LogP contribution in [0.25, 0.3) is 0 Å². The summed E-state index contributed by atoms with van der Waals surface area (Å²) >= 11 is 0. The van der Waals surface area contributed by atoms with Gasteiger partial charge >= 0.3 is 5.97 Å². The van der Waals surface area contributed by atoms with Crippen molar-refractivity contribution >= 4 is 5.97 Å². The van der Waals surface area contributed by atoms with Crippen molar-refractivity contribution < 1.29 is 19.7 Å². The fourth-order valence-corrected chi connectivity index (χ4v) is 1.97. The fraction of sp³-hybridized carbons (Fsp3) is 0.533. The summed E-state index contributed by atoms with van der Waals surface area (Å²) in [5, 5.41) is 19.3. The minimum atomic E-state index is -0.935. The Morgan fingerprint density at radius 3 is 2.37 bits per heavy atom. The molecule has 0 fully saturated rings. The first-order chi connectivity index (χ1) is 8.88. The molecule has 0 amide bonds. The van der Waals surface area contributed by atoms with Gasteiger partial charge in [-0.25, -0.2) is 0 Å². The number of hydrogen-bond donors (Lipinski definition) is 2. The highest BCUT2D eigenvalue weighted by Gasteiger charge is 2.28. The van der Waals surface area contributed by atoms with E-state index in [1.807, 2.05) is 31.2 Å². The Labute approximate surface area is 114 Å². The van der Waals surface area contributed by atoms with Crippen LogP contribution in [0.5, 0.6) is 5.75 Å². The number of benzene rings is 1. The summed E-state index contributed by atoms with van der Waals surface area (Å²) < 4.78 is 5.06. The smallest absolute Gasteiger partial charge is 0.306 e. The molecule has 106 valence electrons. The second kappa shape index (κ2) is 6.57. The van der Waals surface area contributed by atoms with Crippen molar-refractivity contribution in [2.24, 2.45) is 5.92 Å². The molecule has 0 spiro atoms. The van der Waals surface area contributed by atoms with Gasteiger partial charge in [-0.3, -0.25) is 4.79 Å². The van der Waals surface area contributed by atoms with Crippen molar-refractivity contribution in [3.63, 3.8) is 0 Å². The SMILES string of the molecule is CCC(C)(O)CC(Cc1ccc(OC)cc1)C(=O)O. The Morgan fingerprint density at radius 1 is 1.37 bits per heavy atom. The molecule has 2 atom stereocenters. The molecule has 0 saturated carbocycles. The lowest BCUT2D eigenvalue weighted by molar-refractivity contribution is -0.144. The average Bonchev–Trinajstić information content (AvgIpc) is 2.38. The fourth-order valence-electron chi connectivity index (χ4n) is 1.97. The van der Waals surface area contributed by atoms with E-state index in [1.54, 1.807) is 14.0 Å². The van der Waals surface area contributed by atoms with Gasteiger partial charge in [0.25, 0.3) is 0 Å². The third-order valence-electron chi connectivity index (χ3n) is 3.44. The molecule has 4 nitrogen and oxygen atoms in total. The van der Waals surface area contributed by atoms with Crippen molar-refractivity contribution in [3.8, 4) is 5.75 Å². The molecule has 1 aromatic carbocycles. The van der Waals surface area contributed by atoms with E-state index in [1.165, 1.54) is 0 Å². The zero-order valence-corrected chi connectivity index (χ0v) is 11.7. The van der Waals surface area contributed by atoms with E-state index in [4.69, 9.17) is 4.74 Å². The molecule has 0 aliphatic heterocycles. The van der Waals surface area contributed by atoms with E-state index < -0.39 is 17.5 Å². The molecule has 1 aromatic rings. The zero-order chi connectivity index (χ0) is 14.5. The average molecular weight is 266 g/mol. The Morgan fingerprint density at radius 2 is 1.95 bits per heavy atom. The zero-order valence-electron chi connectivity index (χ0n) is 11.7. The standard InChI is InChI=1S/C15H22O4/c1-4-15(2,18)10-12(14(16)17)9-11-5-7-13(19-3)8-6-11/h5-8,12,18H,4,9-10H2,1-3H3,(H,16,17). The molecule has 19 heavy (non-hydrogen) atoms. The highest BCUT2D eigenvalue weighted by atomic mass is 16.5. The van der Waals surface area contributed by atoms with Gasteiger partial charge in [-0.05, 0) is 43.9 Å². The maximum atomic E-state index is 11.3. The molecule has 0 radical (unpaired) electrons. The minimum absolute atomic E-state index is 0.255. The second-order valence-electron chi connectivity index (χ2n) is 5.14. The Balaban J connectivity index is 2.75. The molecule has 2 unspecified atom stereocenters. The van der Waals surface area contributed by atoms with Crippen LogP contribution in [-0.2, 0) is 11.2 Å². The second-order valence-corrected chi connectivity index (χ2v) is 5.14. The molecule has 0 saturated heterocycles. The van der Waals surface area contributed by atoms with Gasteiger partial charge in [-0.2, -0.15) is 0 Å². The predicted molar refractivity (Wildman–Crippen MR) is 73.4 cm³/mol. The lowest BCUT2D eigenvalue weighted by Gasteiger charge is -2.25. The largest absolute Gasteiger partial charge is 0.497 e. The summed E-state index contributed by atoms with van der Waals surface area (Å²) in [5.74, 6) is -0.705. The molecule has 0 aliphatic rings. The van der Waals surface area contributed by atoms with Crippen molar-refractivity contribution in [2.45, 2.75) is 38.7 Å². The number of aliphatic hydroxyl groups is 1. The van der Waals surface area contributed by atoms with Gasteiger partial charge < -0.3 is 14.9 Å². The summed E-state index contributed by atoms with van der Waals surface area (Å²) in [6.45, 7) is 3.53. The maximum absolute atomic E-state index is 11.3. The normalized spacial score (nSPS) is 15.6. The highest BCUT2D eigenvalue weighted by molar-refractivity contribution is 5.70. The molecule has 0 bridgehead atoms. The van der Waals surface area contributed by atoms with Crippen LogP contribution < -0.4 is 4.74 Å². The van der Waals surface area contributed by atoms with Gasteiger partial charge in [-0.1, -0.05) is 19.1 Å². The van der Waals surface area contributed by atoms with Crippen molar-refractivity contribution in [3.05, 3.63) is 29.8 Å². The van der Waals surface area contributed by atoms with Gasteiger partial charge in [0, 0.05) is 0 Å². The Bertz CT molecular complexity index is 409. The number of methoxy groups -OCH3 is 1. The Kier molecular flexibility index (Phi) is 5.36. The molecule has 0 aromatic heterocycles. The predicted octanol–water partition coefficient (Wildman–Crippen LogP) is 2.49. The van der Waals surface area contributed by atoms with Crippen LogP contribution in [0.2, 0.25) is 0 Å². The summed E-state index contributed by atoms with van der Waals surface area (Å²) in [6.07, 6.45) is 1.21. The van der Waals surface area contributed by atoms with Crippen LogP contribution >= 0.6 is 0 Å². The van der Waals surface area contributed by atoms with Crippen LogP contribution in [0.3, 0.4) is 0 Å². The first-order valence-corrected chi connectivity index (χ1v) is 6.46. The van der Waals surface area contributed by atoms with Gasteiger partial charge in [0.2, 0.25) is 0 Å². The van der Waals surface area contributed by atoms with Crippen molar-refractivity contribution in [1.29, 1.82) is 0 Å². The quantitative estimate of drug-likeness (QED) is 0.795. The molecule has 2 N–H and O–H groups in total. The highest BCUT2D eigenvalue weighted by Crippen LogP contribution is 2.24. The van der Waals surface area contributed by atoms with E-state index >= 15 is 0 Å². The number of carboxylic acids is 1. The van der Waals surface area contributed by atoms with Gasteiger partial charge in [0.1, 0.15) is 5.75 Å². The van der Waals surface area contributed by atoms with Crippen molar-refractivity contribution in [2.75, 3.05) is 7.11 Å². The third kappa shape index (κ3) is 4.91. The molecular weight excluding hydrogens is 244 g/mol. The summed E-state index contributed by atoms with van der Waals surface area (Å²) in [4.78, 5) is 11.3. The number of carboxylic acid groups (broad SMARTS) is 1. The van der Waals surface area contributed by atoms with E-state index in [2.05, 4.69) is 0 Å². The van der Waals surface area contributed by atoms with E-state index in [0.717, 1.165) is 11.3 Å². The van der Waals surface area contributed by atoms with E-state index in [0.29, 0.717) is 12.8 Å². The molecule has 1 rings (SSSR count). The molecular formula is C15H22O4. The Hall–Kier alpha value is -1.55. The number of aliphatic carboxylic acids is 1. The number of ether oxygens (including phenoxy) is 1. The number of carbonyl (C=O) groups is 1. The number of rotatable bonds is 7. The van der Waals surface area contributed by atoms with Crippen LogP contribution in [-0.4, -0.2) is 28.9 Å². The van der Waals surface area contributed by atoms with Gasteiger partial charge in [0.05, 0.1) is 18.6 Å². The lowest BCUT2D eigenvalue weighted by Crippen LogP contribution is -2.31. The van der Waals surface area contributed by atoms with Crippen LogP contribution in [0.1, 0.15) is 32.3 Å². The van der Waals surface area contributed by atoms with E-state index in [9.17, 15) is 15.0 Å². The van der Waals surface area contributed by atoms with Crippen LogP contribution in [0.4, 0.5) is 0 Å². The minimum Gasteiger partial charge on any atom is -0.497 e. The van der Waals surface area contributed by atoms with E-state index in [-0.39, 0.29) is 6.42 Å². The first-order valence-electron chi connectivity index (χ1n) is 6.46. The van der Waals surface area contributed by atoms with Gasteiger partial charge in [-0.15, -0.1) is 0 Å². The number of hydrogen-bond acceptors (Lipinski definition) is 3. The van der Waals surface area contributed by atoms with Crippen molar-refractivity contribution in [1.82, 2.24) is 0 Å². The summed E-state index contributed by atoms with van der Waals surface area (Å²) in [6, 6.07) is 7.34. The monoisotopic (exact) mass is 266 g/mol. The maximum Gasteiger partial charge on any atom is 0.306 e. The molecule has 0 heterocycles. The topological polar surface area (TPSA) is 66.8 Å². The molecule has 0 aliphatic carbocycles.